The molecule has 1 saturated heterocycles. The van der Waals surface area contributed by atoms with Crippen molar-refractivity contribution in [1.82, 2.24) is 9.88 Å². The predicted molar refractivity (Wildman–Crippen MR) is 106 cm³/mol. The molecule has 2 heterocycles. The van der Waals surface area contributed by atoms with Crippen molar-refractivity contribution < 1.29 is 14.3 Å². The van der Waals surface area contributed by atoms with Gasteiger partial charge >= 0.3 is 0 Å². The summed E-state index contributed by atoms with van der Waals surface area (Å²) in [4.78, 5) is 19.1. The number of hydrogen-bond donors (Lipinski definition) is 2. The van der Waals surface area contributed by atoms with Gasteiger partial charge in [-0.3, -0.25) is 9.69 Å². The van der Waals surface area contributed by atoms with E-state index in [1.54, 1.807) is 43.6 Å². The highest BCUT2D eigenvalue weighted by Gasteiger charge is 2.11. The topological polar surface area (TPSA) is 75.7 Å². The first-order valence-corrected chi connectivity index (χ1v) is 9.18. The molecule has 0 unspecified atom stereocenters. The van der Waals surface area contributed by atoms with Crippen LogP contribution in [0.3, 0.4) is 0 Å². The molecule has 3 rings (SSSR count). The first-order chi connectivity index (χ1) is 13.2. The quantitative estimate of drug-likeness (QED) is 0.757. The summed E-state index contributed by atoms with van der Waals surface area (Å²) in [5.41, 5.74) is 1.12. The summed E-state index contributed by atoms with van der Waals surface area (Å²) < 4.78 is 10.5. The van der Waals surface area contributed by atoms with E-state index in [2.05, 4.69) is 20.5 Å². The molecule has 1 aliphatic rings. The molecule has 144 valence electrons. The molecule has 1 fully saturated rings. The van der Waals surface area contributed by atoms with Crippen LogP contribution in [-0.4, -0.2) is 62.3 Å². The SMILES string of the molecule is COc1ccc(NC(=O)c2ccnc(NCCN3CCOCC3)c2)cc1Cl. The van der Waals surface area contributed by atoms with Gasteiger partial charge < -0.3 is 20.1 Å². The van der Waals surface area contributed by atoms with E-state index in [-0.39, 0.29) is 5.91 Å². The number of methoxy groups -OCH3 is 1. The van der Waals surface area contributed by atoms with Crippen LogP contribution < -0.4 is 15.4 Å². The van der Waals surface area contributed by atoms with E-state index < -0.39 is 0 Å². The Morgan fingerprint density at radius 1 is 1.30 bits per heavy atom. The molecule has 0 bridgehead atoms. The molecule has 2 N–H and O–H groups in total. The van der Waals surface area contributed by atoms with Gasteiger partial charge in [-0.05, 0) is 30.3 Å². The second kappa shape index (κ2) is 9.55. The summed E-state index contributed by atoms with van der Waals surface area (Å²) in [6.45, 7) is 5.12. The zero-order chi connectivity index (χ0) is 19.1. The molecular formula is C19H23ClN4O3. The minimum Gasteiger partial charge on any atom is -0.495 e. The fourth-order valence-electron chi connectivity index (χ4n) is 2.78. The standard InChI is InChI=1S/C19H23ClN4O3/c1-26-17-3-2-15(13-16(17)20)23-19(25)14-4-5-21-18(12-14)22-6-7-24-8-10-27-11-9-24/h2-5,12-13H,6-11H2,1H3,(H,21,22)(H,23,25). The van der Waals surface area contributed by atoms with Gasteiger partial charge in [0, 0.05) is 43.6 Å². The van der Waals surface area contributed by atoms with Gasteiger partial charge in [0.05, 0.1) is 25.3 Å². The average molecular weight is 391 g/mol. The lowest BCUT2D eigenvalue weighted by atomic mass is 10.2. The van der Waals surface area contributed by atoms with Crippen molar-refractivity contribution in [3.8, 4) is 5.75 Å². The Morgan fingerprint density at radius 2 is 2.11 bits per heavy atom. The van der Waals surface area contributed by atoms with Crippen molar-refractivity contribution in [2.45, 2.75) is 0 Å². The second-order valence-electron chi connectivity index (χ2n) is 6.11. The number of pyridine rings is 1. The number of benzene rings is 1. The first-order valence-electron chi connectivity index (χ1n) is 8.80. The van der Waals surface area contributed by atoms with Crippen LogP contribution in [0.15, 0.2) is 36.5 Å². The molecule has 0 radical (unpaired) electrons. The zero-order valence-corrected chi connectivity index (χ0v) is 16.0. The second-order valence-corrected chi connectivity index (χ2v) is 6.52. The maximum atomic E-state index is 12.5. The molecular weight excluding hydrogens is 368 g/mol. The van der Waals surface area contributed by atoms with Crippen molar-refractivity contribution in [3.63, 3.8) is 0 Å². The van der Waals surface area contributed by atoms with Crippen LogP contribution in [0.25, 0.3) is 0 Å². The number of amides is 1. The highest BCUT2D eigenvalue weighted by Crippen LogP contribution is 2.27. The summed E-state index contributed by atoms with van der Waals surface area (Å²) in [7, 11) is 1.55. The van der Waals surface area contributed by atoms with Crippen LogP contribution in [0.2, 0.25) is 5.02 Å². The van der Waals surface area contributed by atoms with E-state index in [9.17, 15) is 4.79 Å². The summed E-state index contributed by atoms with van der Waals surface area (Å²) in [5.74, 6) is 1.00. The van der Waals surface area contributed by atoms with Gasteiger partial charge in [0.25, 0.3) is 5.91 Å². The maximum Gasteiger partial charge on any atom is 0.255 e. The van der Waals surface area contributed by atoms with Crippen molar-refractivity contribution in [3.05, 3.63) is 47.1 Å². The van der Waals surface area contributed by atoms with Crippen molar-refractivity contribution >= 4 is 29.0 Å². The first kappa shape index (κ1) is 19.4. The van der Waals surface area contributed by atoms with Crippen LogP contribution in [0.5, 0.6) is 5.75 Å². The smallest absolute Gasteiger partial charge is 0.255 e. The number of ether oxygens (including phenoxy) is 2. The fourth-order valence-corrected chi connectivity index (χ4v) is 3.04. The third-order valence-corrected chi connectivity index (χ3v) is 4.57. The minimum absolute atomic E-state index is 0.227. The Morgan fingerprint density at radius 3 is 2.85 bits per heavy atom. The molecule has 7 nitrogen and oxygen atoms in total. The van der Waals surface area contributed by atoms with Crippen LogP contribution >= 0.6 is 11.6 Å². The molecule has 1 amide bonds. The third kappa shape index (κ3) is 5.56. The minimum atomic E-state index is -0.227. The van der Waals surface area contributed by atoms with E-state index >= 15 is 0 Å². The highest BCUT2D eigenvalue weighted by molar-refractivity contribution is 6.32. The molecule has 0 spiro atoms. The van der Waals surface area contributed by atoms with Crippen LogP contribution in [0.4, 0.5) is 11.5 Å². The van der Waals surface area contributed by atoms with Gasteiger partial charge in [-0.1, -0.05) is 11.6 Å². The predicted octanol–water partition coefficient (Wildman–Crippen LogP) is 2.74. The Kier molecular flexibility index (Phi) is 6.86. The molecule has 0 aliphatic carbocycles. The Bertz CT molecular complexity index is 781. The maximum absolute atomic E-state index is 12.5. The van der Waals surface area contributed by atoms with Gasteiger partial charge in [-0.15, -0.1) is 0 Å². The number of nitrogens with zero attached hydrogens (tertiary/aromatic N) is 2. The zero-order valence-electron chi connectivity index (χ0n) is 15.2. The van der Waals surface area contributed by atoms with Crippen molar-refractivity contribution in [2.75, 3.05) is 57.1 Å². The largest absolute Gasteiger partial charge is 0.495 e. The fraction of sp³-hybridized carbons (Fsp3) is 0.368. The number of carbonyl (C=O) groups is 1. The van der Waals surface area contributed by atoms with Crippen molar-refractivity contribution in [2.24, 2.45) is 0 Å². The number of halogens is 1. The normalized spacial score (nSPS) is 14.6. The Hall–Kier alpha value is -2.35. The highest BCUT2D eigenvalue weighted by atomic mass is 35.5. The van der Waals surface area contributed by atoms with Gasteiger partial charge in [0.15, 0.2) is 0 Å². The van der Waals surface area contributed by atoms with Crippen LogP contribution in [-0.2, 0) is 4.74 Å². The molecule has 0 atom stereocenters. The molecule has 27 heavy (non-hydrogen) atoms. The number of morpholine rings is 1. The average Bonchev–Trinajstić information content (AvgIpc) is 2.69. The lowest BCUT2D eigenvalue weighted by Crippen LogP contribution is -2.39. The Labute approximate surface area is 163 Å². The van der Waals surface area contributed by atoms with Crippen LogP contribution in [0, 0.1) is 0 Å². The number of nitrogens with one attached hydrogen (secondary N) is 2. The summed E-state index contributed by atoms with van der Waals surface area (Å²) in [6.07, 6.45) is 1.62. The monoisotopic (exact) mass is 390 g/mol. The molecule has 1 aliphatic heterocycles. The molecule has 1 aromatic heterocycles. The van der Waals surface area contributed by atoms with Crippen molar-refractivity contribution in [1.29, 1.82) is 0 Å². The molecule has 0 saturated carbocycles. The van der Waals surface area contributed by atoms with Crippen LogP contribution in [0.1, 0.15) is 10.4 Å². The summed E-state index contributed by atoms with van der Waals surface area (Å²) in [5, 5.41) is 6.53. The Balaban J connectivity index is 1.55. The van der Waals surface area contributed by atoms with E-state index in [4.69, 9.17) is 21.1 Å². The van der Waals surface area contributed by atoms with E-state index in [1.807, 2.05) is 0 Å². The summed E-state index contributed by atoms with van der Waals surface area (Å²) >= 11 is 6.10. The van der Waals surface area contributed by atoms with E-state index in [0.29, 0.717) is 27.8 Å². The lowest BCUT2D eigenvalue weighted by Gasteiger charge is -2.26. The third-order valence-electron chi connectivity index (χ3n) is 4.27. The van der Waals surface area contributed by atoms with Gasteiger partial charge in [-0.25, -0.2) is 4.98 Å². The van der Waals surface area contributed by atoms with Gasteiger partial charge in [0.2, 0.25) is 0 Å². The van der Waals surface area contributed by atoms with Gasteiger partial charge in [-0.2, -0.15) is 0 Å². The van der Waals surface area contributed by atoms with Gasteiger partial charge in [0.1, 0.15) is 11.6 Å². The van der Waals surface area contributed by atoms with E-state index in [0.717, 1.165) is 39.4 Å². The van der Waals surface area contributed by atoms with E-state index in [1.165, 1.54) is 0 Å². The number of anilines is 2. The molecule has 1 aromatic carbocycles. The number of hydrogen-bond acceptors (Lipinski definition) is 6. The number of carbonyl (C=O) groups excluding carboxylic acids is 1. The summed E-state index contributed by atoms with van der Waals surface area (Å²) in [6, 6.07) is 8.52. The molecule has 8 heteroatoms. The number of aromatic nitrogens is 1. The lowest BCUT2D eigenvalue weighted by molar-refractivity contribution is 0.0398. The molecule has 2 aromatic rings. The number of rotatable bonds is 7.